The van der Waals surface area contributed by atoms with Gasteiger partial charge in [-0.25, -0.2) is 0 Å². The molecule has 1 saturated heterocycles. The lowest BCUT2D eigenvalue weighted by Crippen LogP contribution is -2.49. The topological polar surface area (TPSA) is 62.9 Å². The second-order valence-corrected chi connectivity index (χ2v) is 7.31. The number of guanidine groups is 1. The van der Waals surface area contributed by atoms with Crippen LogP contribution >= 0.6 is 11.3 Å². The molecule has 0 aliphatic carbocycles. The molecule has 136 valence electrons. The van der Waals surface area contributed by atoms with Gasteiger partial charge in [-0.05, 0) is 23.8 Å². The van der Waals surface area contributed by atoms with Gasteiger partial charge in [0.1, 0.15) is 0 Å². The van der Waals surface area contributed by atoms with Gasteiger partial charge in [-0.2, -0.15) is 0 Å². The van der Waals surface area contributed by atoms with Gasteiger partial charge in [-0.15, -0.1) is 11.3 Å². The van der Waals surface area contributed by atoms with Crippen molar-refractivity contribution in [2.45, 2.75) is 39.2 Å². The Balaban J connectivity index is 1.84. The van der Waals surface area contributed by atoms with Crippen LogP contribution in [0.15, 0.2) is 22.5 Å². The molecule has 2 heterocycles. The molecule has 24 heavy (non-hydrogen) atoms. The number of morpholine rings is 1. The summed E-state index contributed by atoms with van der Waals surface area (Å²) in [5, 5.41) is 5.35. The standard InChI is InChI=1S/C18H32N4OS/c1-3-15(4-2)17(22-9-11-23-12-10-22)14-21-18(19)20-8-7-16-6-5-13-24-16/h5-6,13,15,17H,3-4,7-12,14H2,1-2H3,(H3,19,20,21). The van der Waals surface area contributed by atoms with Crippen LogP contribution < -0.4 is 11.1 Å². The normalized spacial score (nSPS) is 18.0. The third kappa shape index (κ3) is 6.07. The smallest absolute Gasteiger partial charge is 0.188 e. The Morgan fingerprint density at radius 3 is 2.75 bits per heavy atom. The molecule has 0 spiro atoms. The summed E-state index contributed by atoms with van der Waals surface area (Å²) in [4.78, 5) is 8.54. The molecule has 3 N–H and O–H groups in total. The average molecular weight is 353 g/mol. The highest BCUT2D eigenvalue weighted by molar-refractivity contribution is 7.09. The van der Waals surface area contributed by atoms with E-state index in [4.69, 9.17) is 10.5 Å². The van der Waals surface area contributed by atoms with Crippen LogP contribution in [0.3, 0.4) is 0 Å². The zero-order valence-electron chi connectivity index (χ0n) is 15.0. The number of aliphatic imine (C=N–C) groups is 1. The minimum absolute atomic E-state index is 0.460. The first-order valence-electron chi connectivity index (χ1n) is 9.12. The Labute approximate surface area is 150 Å². The Morgan fingerprint density at radius 2 is 2.12 bits per heavy atom. The zero-order valence-corrected chi connectivity index (χ0v) is 15.9. The molecule has 1 aliphatic rings. The van der Waals surface area contributed by atoms with Gasteiger partial charge in [0.15, 0.2) is 5.96 Å². The zero-order chi connectivity index (χ0) is 17.2. The maximum atomic E-state index is 6.07. The van der Waals surface area contributed by atoms with Crippen molar-refractivity contribution in [3.05, 3.63) is 22.4 Å². The van der Waals surface area contributed by atoms with E-state index in [1.165, 1.54) is 17.7 Å². The van der Waals surface area contributed by atoms with E-state index in [1.807, 2.05) is 0 Å². The van der Waals surface area contributed by atoms with E-state index < -0.39 is 0 Å². The molecule has 1 fully saturated rings. The predicted molar refractivity (Wildman–Crippen MR) is 103 cm³/mol. The molecule has 1 aromatic heterocycles. The van der Waals surface area contributed by atoms with E-state index in [2.05, 4.69) is 46.6 Å². The average Bonchev–Trinajstić information content (AvgIpc) is 3.13. The van der Waals surface area contributed by atoms with Crippen LogP contribution in [0.5, 0.6) is 0 Å². The van der Waals surface area contributed by atoms with E-state index in [0.29, 0.717) is 17.9 Å². The minimum atomic E-state index is 0.460. The van der Waals surface area contributed by atoms with Crippen LogP contribution in [0, 0.1) is 5.92 Å². The Kier molecular flexibility index (Phi) is 8.56. The van der Waals surface area contributed by atoms with Gasteiger partial charge >= 0.3 is 0 Å². The first kappa shape index (κ1) is 19.2. The van der Waals surface area contributed by atoms with E-state index in [-0.39, 0.29) is 0 Å². The Hall–Kier alpha value is -1.11. The highest BCUT2D eigenvalue weighted by Gasteiger charge is 2.26. The molecule has 0 aromatic carbocycles. The number of nitrogens with two attached hydrogens (primary N) is 1. The number of ether oxygens (including phenoxy) is 1. The van der Waals surface area contributed by atoms with Crippen LogP contribution in [0.4, 0.5) is 0 Å². The number of hydrogen-bond donors (Lipinski definition) is 2. The maximum absolute atomic E-state index is 6.07. The van der Waals surface area contributed by atoms with Crippen molar-refractivity contribution in [3.63, 3.8) is 0 Å². The lowest BCUT2D eigenvalue weighted by Gasteiger charge is -2.38. The second kappa shape index (κ2) is 10.7. The second-order valence-electron chi connectivity index (χ2n) is 6.27. The van der Waals surface area contributed by atoms with Crippen molar-refractivity contribution in [3.8, 4) is 0 Å². The predicted octanol–water partition coefficient (Wildman–Crippen LogP) is 2.33. The third-order valence-corrected chi connectivity index (χ3v) is 5.75. The quantitative estimate of drug-likeness (QED) is 0.529. The van der Waals surface area contributed by atoms with Crippen LogP contribution in [-0.4, -0.2) is 56.3 Å². The SMILES string of the molecule is CCC(CC)C(CN=C(N)NCCc1cccs1)N1CCOCC1. The van der Waals surface area contributed by atoms with E-state index >= 15 is 0 Å². The molecule has 0 bridgehead atoms. The van der Waals surface area contributed by atoms with Crippen LogP contribution in [0.25, 0.3) is 0 Å². The number of hydrogen-bond acceptors (Lipinski definition) is 4. The molecule has 6 heteroatoms. The summed E-state index contributed by atoms with van der Waals surface area (Å²) in [6, 6.07) is 4.70. The largest absolute Gasteiger partial charge is 0.379 e. The van der Waals surface area contributed by atoms with Crippen molar-refractivity contribution in [1.82, 2.24) is 10.2 Å². The van der Waals surface area contributed by atoms with E-state index in [0.717, 1.165) is 45.8 Å². The Morgan fingerprint density at radius 1 is 1.38 bits per heavy atom. The van der Waals surface area contributed by atoms with Gasteiger partial charge in [0.05, 0.1) is 19.8 Å². The molecule has 5 nitrogen and oxygen atoms in total. The molecule has 1 unspecified atom stereocenters. The summed E-state index contributed by atoms with van der Waals surface area (Å²) in [5.41, 5.74) is 6.07. The molecule has 1 atom stereocenters. The summed E-state index contributed by atoms with van der Waals surface area (Å²) < 4.78 is 5.50. The van der Waals surface area contributed by atoms with Crippen LogP contribution in [0.2, 0.25) is 0 Å². The van der Waals surface area contributed by atoms with E-state index in [9.17, 15) is 0 Å². The van der Waals surface area contributed by atoms with Gasteiger partial charge in [0.2, 0.25) is 0 Å². The molecule has 2 rings (SSSR count). The van der Waals surface area contributed by atoms with E-state index in [1.54, 1.807) is 11.3 Å². The lowest BCUT2D eigenvalue weighted by atomic mass is 9.92. The fraction of sp³-hybridized carbons (Fsp3) is 0.722. The fourth-order valence-electron chi connectivity index (χ4n) is 3.32. The lowest BCUT2D eigenvalue weighted by molar-refractivity contribution is 0.00396. The maximum Gasteiger partial charge on any atom is 0.188 e. The van der Waals surface area contributed by atoms with Gasteiger partial charge in [0, 0.05) is 30.6 Å². The summed E-state index contributed by atoms with van der Waals surface area (Å²) in [5.74, 6) is 1.22. The molecule has 0 radical (unpaired) electrons. The molecule has 1 aromatic rings. The number of thiophene rings is 1. The summed E-state index contributed by atoms with van der Waals surface area (Å²) >= 11 is 1.78. The van der Waals surface area contributed by atoms with Gasteiger partial charge in [-0.1, -0.05) is 32.8 Å². The molecular weight excluding hydrogens is 320 g/mol. The third-order valence-electron chi connectivity index (χ3n) is 4.81. The number of nitrogens with zero attached hydrogens (tertiary/aromatic N) is 2. The number of nitrogens with one attached hydrogen (secondary N) is 1. The summed E-state index contributed by atoms with van der Waals surface area (Å²) in [6.45, 7) is 9.81. The highest BCUT2D eigenvalue weighted by Crippen LogP contribution is 2.20. The first-order valence-corrected chi connectivity index (χ1v) is 10.0. The summed E-state index contributed by atoms with van der Waals surface area (Å²) in [7, 11) is 0. The van der Waals surface area contributed by atoms with Gasteiger partial charge < -0.3 is 15.8 Å². The summed E-state index contributed by atoms with van der Waals surface area (Å²) in [6.07, 6.45) is 3.35. The van der Waals surface area contributed by atoms with Gasteiger partial charge in [-0.3, -0.25) is 9.89 Å². The monoisotopic (exact) mass is 352 g/mol. The van der Waals surface area contributed by atoms with Gasteiger partial charge in [0.25, 0.3) is 0 Å². The van der Waals surface area contributed by atoms with Crippen molar-refractivity contribution in [2.24, 2.45) is 16.6 Å². The molecular formula is C18H32N4OS. The molecule has 1 aliphatic heterocycles. The van der Waals surface area contributed by atoms with Crippen molar-refractivity contribution < 1.29 is 4.74 Å². The molecule has 0 saturated carbocycles. The fourth-order valence-corrected chi connectivity index (χ4v) is 4.03. The highest BCUT2D eigenvalue weighted by atomic mass is 32.1. The van der Waals surface area contributed by atoms with Crippen molar-refractivity contribution >= 4 is 17.3 Å². The number of rotatable bonds is 9. The molecule has 0 amide bonds. The van der Waals surface area contributed by atoms with Crippen molar-refractivity contribution in [1.29, 1.82) is 0 Å². The van der Waals surface area contributed by atoms with Crippen LogP contribution in [-0.2, 0) is 11.2 Å². The first-order chi connectivity index (χ1) is 11.7. The minimum Gasteiger partial charge on any atom is -0.379 e. The van der Waals surface area contributed by atoms with Crippen molar-refractivity contribution in [2.75, 3.05) is 39.4 Å². The Bertz CT molecular complexity index is 467. The van der Waals surface area contributed by atoms with Crippen LogP contribution in [0.1, 0.15) is 31.6 Å².